The van der Waals surface area contributed by atoms with E-state index in [9.17, 15) is 4.57 Å². The first kappa shape index (κ1) is 34.2. The SMILES string of the molecule is Cc1c(C)c2c(c(C)c1OCCCCP(=O)(O)O)CC[C@@](C)(CCC[C@H](C)CCC[C@H](C)CCCC(C)C)O2. The van der Waals surface area contributed by atoms with E-state index < -0.39 is 7.60 Å². The van der Waals surface area contributed by atoms with E-state index in [1.807, 2.05) is 0 Å². The number of benzene rings is 1. The van der Waals surface area contributed by atoms with E-state index in [4.69, 9.17) is 19.3 Å². The Hall–Kier alpha value is -1.03. The van der Waals surface area contributed by atoms with Gasteiger partial charge in [-0.05, 0) is 101 Å². The lowest BCUT2D eigenvalue weighted by molar-refractivity contribution is 0.0511. The van der Waals surface area contributed by atoms with Gasteiger partial charge in [0.25, 0.3) is 0 Å². The maximum absolute atomic E-state index is 11.1. The molecule has 1 aromatic carbocycles. The predicted octanol–water partition coefficient (Wildman–Crippen LogP) is 9.47. The fourth-order valence-corrected chi connectivity index (χ4v) is 6.71. The quantitative estimate of drug-likeness (QED) is 0.137. The first-order chi connectivity index (χ1) is 18.2. The van der Waals surface area contributed by atoms with Crippen molar-refractivity contribution in [2.75, 3.05) is 12.8 Å². The zero-order valence-corrected chi connectivity index (χ0v) is 27.3. The van der Waals surface area contributed by atoms with Crippen LogP contribution in [0.5, 0.6) is 11.5 Å². The third-order valence-electron chi connectivity index (χ3n) is 8.93. The van der Waals surface area contributed by atoms with Gasteiger partial charge in [-0.1, -0.05) is 72.6 Å². The molecule has 0 unspecified atom stereocenters. The average molecular weight is 567 g/mol. The van der Waals surface area contributed by atoms with Crippen LogP contribution in [0.3, 0.4) is 0 Å². The molecule has 3 atom stereocenters. The molecule has 39 heavy (non-hydrogen) atoms. The van der Waals surface area contributed by atoms with Crippen molar-refractivity contribution in [2.45, 2.75) is 144 Å². The zero-order valence-electron chi connectivity index (χ0n) is 26.4. The molecule has 1 aliphatic heterocycles. The smallest absolute Gasteiger partial charge is 0.325 e. The van der Waals surface area contributed by atoms with Crippen LogP contribution in [0.4, 0.5) is 0 Å². The molecule has 0 fully saturated rings. The highest BCUT2D eigenvalue weighted by atomic mass is 31.2. The van der Waals surface area contributed by atoms with Crippen molar-refractivity contribution in [3.8, 4) is 11.5 Å². The Labute approximate surface area is 240 Å². The number of hydrogen-bond donors (Lipinski definition) is 2. The minimum absolute atomic E-state index is 0.0828. The van der Waals surface area contributed by atoms with Crippen molar-refractivity contribution < 1.29 is 23.8 Å². The van der Waals surface area contributed by atoms with Crippen molar-refractivity contribution in [3.63, 3.8) is 0 Å². The third-order valence-corrected chi connectivity index (χ3v) is 9.83. The lowest BCUT2D eigenvalue weighted by Crippen LogP contribution is -2.37. The summed E-state index contributed by atoms with van der Waals surface area (Å²) in [5.41, 5.74) is 4.56. The summed E-state index contributed by atoms with van der Waals surface area (Å²) in [6.07, 6.45) is 14.8. The lowest BCUT2D eigenvalue weighted by atomic mass is 9.83. The van der Waals surface area contributed by atoms with Crippen LogP contribution >= 0.6 is 7.60 Å². The van der Waals surface area contributed by atoms with Crippen molar-refractivity contribution >= 4 is 7.60 Å². The van der Waals surface area contributed by atoms with Crippen LogP contribution in [0.1, 0.15) is 134 Å². The molecule has 2 N–H and O–H groups in total. The molecule has 1 aromatic rings. The topological polar surface area (TPSA) is 76.0 Å². The van der Waals surface area contributed by atoms with Crippen molar-refractivity contribution in [2.24, 2.45) is 17.8 Å². The molecule has 0 aromatic heterocycles. The summed E-state index contributed by atoms with van der Waals surface area (Å²) in [5.74, 6) is 4.43. The standard InChI is InChI=1S/C33H59O5P/c1-24(2)14-11-15-25(3)16-12-17-26(4)18-13-20-33(8)21-19-30-29(7)31(27(5)28(6)32(30)38-33)37-22-9-10-23-39(34,35)36/h24-26H,9-23H2,1-8H3,(H2,34,35,36)/t25-,26-,33-/m1/s1. The molecule has 0 bridgehead atoms. The van der Waals surface area contributed by atoms with E-state index in [-0.39, 0.29) is 11.8 Å². The number of rotatable bonds is 18. The Kier molecular flexibility index (Phi) is 13.9. The summed E-state index contributed by atoms with van der Waals surface area (Å²) in [6.45, 7) is 18.6. The summed E-state index contributed by atoms with van der Waals surface area (Å²) in [7, 11) is -3.93. The van der Waals surface area contributed by atoms with Gasteiger partial charge in [-0.25, -0.2) is 0 Å². The van der Waals surface area contributed by atoms with E-state index in [0.29, 0.717) is 19.4 Å². The summed E-state index contributed by atoms with van der Waals surface area (Å²) in [6, 6.07) is 0. The van der Waals surface area contributed by atoms with Gasteiger partial charge in [0.05, 0.1) is 6.61 Å². The highest BCUT2D eigenvalue weighted by Crippen LogP contribution is 2.45. The first-order valence-corrected chi connectivity index (χ1v) is 17.5. The summed E-state index contributed by atoms with van der Waals surface area (Å²) in [4.78, 5) is 18.1. The van der Waals surface area contributed by atoms with E-state index in [0.717, 1.165) is 65.2 Å². The molecule has 2 rings (SSSR count). The van der Waals surface area contributed by atoms with Gasteiger partial charge >= 0.3 is 7.60 Å². The normalized spacial score (nSPS) is 19.1. The Bertz CT molecular complexity index is 937. The fourth-order valence-electron chi connectivity index (χ4n) is 6.07. The van der Waals surface area contributed by atoms with Gasteiger partial charge in [0.15, 0.2) is 0 Å². The van der Waals surface area contributed by atoms with Gasteiger partial charge in [0.1, 0.15) is 17.1 Å². The molecular formula is C33H59O5P. The van der Waals surface area contributed by atoms with Crippen LogP contribution < -0.4 is 9.47 Å². The van der Waals surface area contributed by atoms with Crippen LogP contribution in [0.25, 0.3) is 0 Å². The van der Waals surface area contributed by atoms with Crippen LogP contribution in [0.2, 0.25) is 0 Å². The molecule has 0 radical (unpaired) electrons. The molecule has 1 aliphatic rings. The van der Waals surface area contributed by atoms with E-state index in [1.54, 1.807) is 0 Å². The zero-order chi connectivity index (χ0) is 29.2. The first-order valence-electron chi connectivity index (χ1n) is 15.7. The minimum atomic E-state index is -3.93. The van der Waals surface area contributed by atoms with Crippen LogP contribution in [-0.4, -0.2) is 28.2 Å². The third kappa shape index (κ3) is 11.8. The Balaban J connectivity index is 1.82. The summed E-state index contributed by atoms with van der Waals surface area (Å²) < 4.78 is 24.0. The number of fused-ring (bicyclic) bond motifs is 1. The number of unbranched alkanes of at least 4 members (excludes halogenated alkanes) is 1. The highest BCUT2D eigenvalue weighted by Gasteiger charge is 2.34. The van der Waals surface area contributed by atoms with E-state index >= 15 is 0 Å². The van der Waals surface area contributed by atoms with Gasteiger partial charge in [-0.15, -0.1) is 0 Å². The number of ether oxygens (including phenoxy) is 2. The fraction of sp³-hybridized carbons (Fsp3) is 0.818. The molecule has 0 spiro atoms. The molecule has 1 heterocycles. The molecule has 0 saturated heterocycles. The highest BCUT2D eigenvalue weighted by molar-refractivity contribution is 7.51. The molecule has 5 nitrogen and oxygen atoms in total. The lowest BCUT2D eigenvalue weighted by Gasteiger charge is -2.38. The van der Waals surface area contributed by atoms with Gasteiger partial charge in [-0.2, -0.15) is 0 Å². The van der Waals surface area contributed by atoms with Gasteiger partial charge in [-0.3, -0.25) is 4.57 Å². The van der Waals surface area contributed by atoms with Crippen molar-refractivity contribution in [1.29, 1.82) is 0 Å². The van der Waals surface area contributed by atoms with Gasteiger partial charge in [0.2, 0.25) is 0 Å². The van der Waals surface area contributed by atoms with Crippen molar-refractivity contribution in [3.05, 3.63) is 22.3 Å². The Morgan fingerprint density at radius 3 is 2.03 bits per heavy atom. The molecular weight excluding hydrogens is 507 g/mol. The van der Waals surface area contributed by atoms with Crippen LogP contribution in [-0.2, 0) is 11.0 Å². The summed E-state index contributed by atoms with van der Waals surface area (Å²) in [5, 5.41) is 0. The second kappa shape index (κ2) is 15.8. The van der Waals surface area contributed by atoms with Crippen LogP contribution in [0.15, 0.2) is 0 Å². The van der Waals surface area contributed by atoms with Gasteiger partial charge in [0, 0.05) is 11.7 Å². The largest absolute Gasteiger partial charge is 0.493 e. The molecule has 0 amide bonds. The maximum atomic E-state index is 11.1. The second-order valence-corrected chi connectivity index (χ2v) is 15.1. The Morgan fingerprint density at radius 2 is 1.44 bits per heavy atom. The number of hydrogen-bond acceptors (Lipinski definition) is 3. The summed E-state index contributed by atoms with van der Waals surface area (Å²) >= 11 is 0. The second-order valence-electron chi connectivity index (χ2n) is 13.4. The monoisotopic (exact) mass is 566 g/mol. The maximum Gasteiger partial charge on any atom is 0.325 e. The van der Waals surface area contributed by atoms with E-state index in [2.05, 4.69) is 55.4 Å². The average Bonchev–Trinajstić information content (AvgIpc) is 2.83. The van der Waals surface area contributed by atoms with Crippen LogP contribution in [0, 0.1) is 38.5 Å². The van der Waals surface area contributed by atoms with Gasteiger partial charge < -0.3 is 19.3 Å². The molecule has 226 valence electrons. The Morgan fingerprint density at radius 1 is 0.846 bits per heavy atom. The minimum Gasteiger partial charge on any atom is -0.493 e. The molecule has 0 saturated carbocycles. The van der Waals surface area contributed by atoms with Crippen molar-refractivity contribution in [1.82, 2.24) is 0 Å². The predicted molar refractivity (Wildman–Crippen MR) is 164 cm³/mol. The molecule has 6 heteroatoms. The molecule has 0 aliphatic carbocycles. The van der Waals surface area contributed by atoms with E-state index in [1.165, 1.54) is 56.9 Å².